The normalized spacial score (nSPS) is 11.6. The first kappa shape index (κ1) is 13.2. The maximum Gasteiger partial charge on any atom is 0.212 e. The van der Waals surface area contributed by atoms with Gasteiger partial charge in [-0.3, -0.25) is 0 Å². The summed E-state index contributed by atoms with van der Waals surface area (Å²) in [6, 6.07) is 3.46. The average molecular weight is 219 g/mol. The molecule has 80 valence electrons. The van der Waals surface area contributed by atoms with Crippen LogP contribution in [0.4, 0.5) is 0 Å². The van der Waals surface area contributed by atoms with E-state index in [0.29, 0.717) is 12.3 Å². The lowest BCUT2D eigenvalue weighted by molar-refractivity contribution is 0.276. The fourth-order valence-electron chi connectivity index (χ4n) is 1.04. The van der Waals surface area contributed by atoms with Crippen molar-refractivity contribution >= 4 is 12.4 Å². The average Bonchev–Trinajstić information content (AvgIpc) is 2.18. The van der Waals surface area contributed by atoms with Gasteiger partial charge in [0.1, 0.15) is 0 Å². The van der Waals surface area contributed by atoms with Gasteiger partial charge in [-0.2, -0.15) is 0 Å². The molecule has 0 fully saturated rings. The number of halogens is 1. The molecule has 1 atom stereocenters. The summed E-state index contributed by atoms with van der Waals surface area (Å²) in [6.07, 6.45) is 2.22. The summed E-state index contributed by atoms with van der Waals surface area (Å²) < 4.78 is 4.91. The number of pyridine rings is 1. The predicted molar refractivity (Wildman–Crippen MR) is 56.7 cm³/mol. The zero-order valence-electron chi connectivity index (χ0n) is 8.01. The van der Waals surface area contributed by atoms with Gasteiger partial charge in [0.05, 0.1) is 7.11 Å². The van der Waals surface area contributed by atoms with Crippen molar-refractivity contribution in [3.8, 4) is 5.88 Å². The Balaban J connectivity index is 0.00000169. The molecule has 0 bridgehead atoms. The number of hydrogen-bond donors (Lipinski definition) is 2. The van der Waals surface area contributed by atoms with Gasteiger partial charge in [0.2, 0.25) is 5.88 Å². The molecule has 0 aliphatic heterocycles. The molecule has 0 aliphatic rings. The number of aliphatic hydroxyl groups excluding tert-OH is 1. The Morgan fingerprint density at radius 2 is 2.29 bits per heavy atom. The highest BCUT2D eigenvalue weighted by Gasteiger charge is 2.05. The first-order valence-electron chi connectivity index (χ1n) is 4.14. The highest BCUT2D eigenvalue weighted by molar-refractivity contribution is 5.85. The molecule has 3 N–H and O–H groups in total. The zero-order chi connectivity index (χ0) is 9.68. The Morgan fingerprint density at radius 1 is 1.57 bits per heavy atom. The number of hydrogen-bond acceptors (Lipinski definition) is 4. The summed E-state index contributed by atoms with van der Waals surface area (Å²) in [6.45, 7) is 0.0905. The Morgan fingerprint density at radius 3 is 2.71 bits per heavy atom. The molecule has 0 amide bonds. The molecule has 1 rings (SSSR count). The Kier molecular flexibility index (Phi) is 6.19. The van der Waals surface area contributed by atoms with Crippen molar-refractivity contribution in [2.75, 3.05) is 13.7 Å². The highest BCUT2D eigenvalue weighted by Crippen LogP contribution is 2.14. The molecule has 1 unspecified atom stereocenters. The fraction of sp³-hybridized carbons (Fsp3) is 0.444. The van der Waals surface area contributed by atoms with E-state index in [0.717, 1.165) is 5.56 Å². The first-order valence-corrected chi connectivity index (χ1v) is 4.14. The summed E-state index contributed by atoms with van der Waals surface area (Å²) in [5.74, 6) is 0.569. The Hall–Kier alpha value is -0.840. The summed E-state index contributed by atoms with van der Waals surface area (Å²) >= 11 is 0. The van der Waals surface area contributed by atoms with Gasteiger partial charge in [0, 0.05) is 24.9 Å². The van der Waals surface area contributed by atoms with Crippen LogP contribution in [0.2, 0.25) is 0 Å². The zero-order valence-corrected chi connectivity index (χ0v) is 8.83. The number of ether oxygens (including phenoxy) is 1. The van der Waals surface area contributed by atoms with Gasteiger partial charge in [-0.05, 0) is 12.0 Å². The van der Waals surface area contributed by atoms with Crippen LogP contribution in [0.15, 0.2) is 18.3 Å². The second kappa shape index (κ2) is 6.59. The second-order valence-corrected chi connectivity index (χ2v) is 2.75. The highest BCUT2D eigenvalue weighted by atomic mass is 35.5. The third-order valence-corrected chi connectivity index (χ3v) is 1.84. The largest absolute Gasteiger partial charge is 0.481 e. The van der Waals surface area contributed by atoms with Gasteiger partial charge < -0.3 is 15.6 Å². The van der Waals surface area contributed by atoms with Crippen LogP contribution in [0.1, 0.15) is 18.0 Å². The van der Waals surface area contributed by atoms with Gasteiger partial charge in [-0.15, -0.1) is 12.4 Å². The Bertz CT molecular complexity index is 253. The van der Waals surface area contributed by atoms with Gasteiger partial charge in [0.25, 0.3) is 0 Å². The third kappa shape index (κ3) is 3.49. The lowest BCUT2D eigenvalue weighted by atomic mass is 10.1. The number of aliphatic hydroxyl groups is 1. The monoisotopic (exact) mass is 218 g/mol. The van der Waals surface area contributed by atoms with Crippen LogP contribution in [0.3, 0.4) is 0 Å². The third-order valence-electron chi connectivity index (χ3n) is 1.84. The van der Waals surface area contributed by atoms with Gasteiger partial charge in [-0.25, -0.2) is 4.98 Å². The van der Waals surface area contributed by atoms with Crippen LogP contribution in [-0.4, -0.2) is 23.8 Å². The van der Waals surface area contributed by atoms with Crippen LogP contribution in [-0.2, 0) is 0 Å². The SMILES string of the molecule is COc1ccc(C(N)CCO)cn1.Cl. The standard InChI is InChI=1S/C9H14N2O2.ClH/c1-13-9-3-2-7(6-11-9)8(10)4-5-12;/h2-3,6,8,12H,4-5,10H2,1H3;1H. The quantitative estimate of drug-likeness (QED) is 0.788. The van der Waals surface area contributed by atoms with Gasteiger partial charge in [-0.1, -0.05) is 6.07 Å². The van der Waals surface area contributed by atoms with Crippen LogP contribution >= 0.6 is 12.4 Å². The number of methoxy groups -OCH3 is 1. The maximum absolute atomic E-state index is 8.67. The molecule has 14 heavy (non-hydrogen) atoms. The lowest BCUT2D eigenvalue weighted by Gasteiger charge is -2.09. The Labute approximate surface area is 89.5 Å². The molecule has 1 heterocycles. The summed E-state index contributed by atoms with van der Waals surface area (Å²) in [4.78, 5) is 4.02. The molecule has 0 spiro atoms. The molecule has 0 radical (unpaired) electrons. The number of rotatable bonds is 4. The van der Waals surface area contributed by atoms with E-state index in [9.17, 15) is 0 Å². The smallest absolute Gasteiger partial charge is 0.212 e. The summed E-state index contributed by atoms with van der Waals surface area (Å²) in [7, 11) is 1.57. The number of nitrogens with zero attached hydrogens (tertiary/aromatic N) is 1. The van der Waals surface area contributed by atoms with E-state index in [1.165, 1.54) is 0 Å². The van der Waals surface area contributed by atoms with Crippen molar-refractivity contribution < 1.29 is 9.84 Å². The molecule has 0 saturated heterocycles. The lowest BCUT2D eigenvalue weighted by Crippen LogP contribution is -2.12. The topological polar surface area (TPSA) is 68.4 Å². The van der Waals surface area contributed by atoms with E-state index in [4.69, 9.17) is 15.6 Å². The van der Waals surface area contributed by atoms with E-state index in [-0.39, 0.29) is 25.1 Å². The minimum atomic E-state index is -0.150. The van der Waals surface area contributed by atoms with Crippen molar-refractivity contribution in [2.24, 2.45) is 5.73 Å². The van der Waals surface area contributed by atoms with Crippen LogP contribution in [0, 0.1) is 0 Å². The van der Waals surface area contributed by atoms with Crippen molar-refractivity contribution in [1.29, 1.82) is 0 Å². The molecule has 1 aromatic heterocycles. The minimum absolute atomic E-state index is 0. The summed E-state index contributed by atoms with van der Waals surface area (Å²) in [5, 5.41) is 8.67. The van der Waals surface area contributed by atoms with E-state index in [2.05, 4.69) is 4.98 Å². The van der Waals surface area contributed by atoms with E-state index in [1.54, 1.807) is 19.4 Å². The van der Waals surface area contributed by atoms with Gasteiger partial charge in [0.15, 0.2) is 0 Å². The van der Waals surface area contributed by atoms with Crippen molar-refractivity contribution in [3.05, 3.63) is 23.9 Å². The van der Waals surface area contributed by atoms with Gasteiger partial charge >= 0.3 is 0 Å². The predicted octanol–water partition coefficient (Wildman–Crippen LogP) is 0.894. The number of nitrogens with two attached hydrogens (primary N) is 1. The van der Waals surface area contributed by atoms with Crippen molar-refractivity contribution in [3.63, 3.8) is 0 Å². The molecule has 5 heteroatoms. The molecule has 4 nitrogen and oxygen atoms in total. The van der Waals surface area contributed by atoms with Crippen LogP contribution < -0.4 is 10.5 Å². The molecular weight excluding hydrogens is 204 g/mol. The minimum Gasteiger partial charge on any atom is -0.481 e. The van der Waals surface area contributed by atoms with Crippen molar-refractivity contribution in [1.82, 2.24) is 4.98 Å². The fourth-order valence-corrected chi connectivity index (χ4v) is 1.04. The summed E-state index contributed by atoms with van der Waals surface area (Å²) in [5.41, 5.74) is 6.67. The van der Waals surface area contributed by atoms with Crippen molar-refractivity contribution in [2.45, 2.75) is 12.5 Å². The first-order chi connectivity index (χ1) is 6.27. The number of aromatic nitrogens is 1. The molecule has 0 saturated carbocycles. The molecule has 0 aromatic carbocycles. The van der Waals surface area contributed by atoms with E-state index < -0.39 is 0 Å². The van der Waals surface area contributed by atoms with E-state index >= 15 is 0 Å². The maximum atomic E-state index is 8.67. The molecular formula is C9H15ClN2O2. The van der Waals surface area contributed by atoms with Crippen LogP contribution in [0.5, 0.6) is 5.88 Å². The van der Waals surface area contributed by atoms with Crippen LogP contribution in [0.25, 0.3) is 0 Å². The molecule has 0 aliphatic carbocycles. The van der Waals surface area contributed by atoms with E-state index in [1.807, 2.05) is 6.07 Å². The molecule has 1 aromatic rings. The second-order valence-electron chi connectivity index (χ2n) is 2.75.